The summed E-state index contributed by atoms with van der Waals surface area (Å²) in [7, 11) is 1.79. The van der Waals surface area contributed by atoms with E-state index in [1.54, 1.807) is 19.2 Å². The summed E-state index contributed by atoms with van der Waals surface area (Å²) in [6.07, 6.45) is -4.44. The molecule has 0 aliphatic heterocycles. The van der Waals surface area contributed by atoms with Crippen LogP contribution in [0.1, 0.15) is 30.5 Å². The standard InChI is InChI=1S/C23H20ClF3N4OS/c1-12(2)21(29-4)30-18-9-13(3)19(10-17(18)24)32-22-16(11-28)20(31-33-22)14-5-7-15(8-6-14)23(25,26)27/h5-10,12H,1-4H3,(H,29,30). The number of hydrogen-bond donors (Lipinski definition) is 1. The van der Waals surface area contributed by atoms with E-state index in [9.17, 15) is 18.4 Å². The molecule has 0 aliphatic carbocycles. The van der Waals surface area contributed by atoms with E-state index in [2.05, 4.69) is 14.7 Å². The lowest BCUT2D eigenvalue weighted by Gasteiger charge is -2.12. The van der Waals surface area contributed by atoms with E-state index in [0.717, 1.165) is 35.1 Å². The van der Waals surface area contributed by atoms with E-state index >= 15 is 0 Å². The zero-order chi connectivity index (χ0) is 24.3. The van der Waals surface area contributed by atoms with Crippen molar-refractivity contribution in [3.63, 3.8) is 0 Å². The van der Waals surface area contributed by atoms with Crippen LogP contribution >= 0.6 is 23.1 Å². The molecule has 10 heteroatoms. The molecule has 0 amide bonds. The van der Waals surface area contributed by atoms with E-state index in [1.165, 1.54) is 12.1 Å². The van der Waals surface area contributed by atoms with Gasteiger partial charge in [-0.25, -0.2) is 4.99 Å². The Balaban J connectivity index is 1.93. The van der Waals surface area contributed by atoms with Crippen LogP contribution in [0.4, 0.5) is 18.9 Å². The molecule has 1 heterocycles. The lowest BCUT2D eigenvalue weighted by molar-refractivity contribution is -0.137. The van der Waals surface area contributed by atoms with Crippen LogP contribution in [0.25, 0.3) is 11.3 Å². The highest BCUT2D eigenvalue weighted by Crippen LogP contribution is 2.40. The minimum Gasteiger partial charge on any atom is -0.443 e. The van der Waals surface area contributed by atoms with Gasteiger partial charge in [0, 0.05) is 36.1 Å². The third kappa shape index (κ3) is 5.46. The second kappa shape index (κ2) is 9.81. The van der Waals surface area contributed by atoms with Crippen LogP contribution in [-0.4, -0.2) is 17.3 Å². The fraction of sp³-hybridized carbons (Fsp3) is 0.261. The number of aryl methyl sites for hydroxylation is 1. The summed E-state index contributed by atoms with van der Waals surface area (Å²) in [5.41, 5.74) is 1.32. The fourth-order valence-electron chi connectivity index (χ4n) is 3.00. The summed E-state index contributed by atoms with van der Waals surface area (Å²) in [4.78, 5) is 4.56. The first-order chi connectivity index (χ1) is 15.5. The second-order valence-electron chi connectivity index (χ2n) is 7.45. The Morgan fingerprint density at radius 3 is 2.45 bits per heavy atom. The molecule has 3 rings (SSSR count). The lowest BCUT2D eigenvalue weighted by atomic mass is 10.1. The Bertz CT molecular complexity index is 1230. The summed E-state index contributed by atoms with van der Waals surface area (Å²) in [6.45, 7) is 5.84. The van der Waals surface area contributed by atoms with Crippen molar-refractivity contribution < 1.29 is 17.9 Å². The molecule has 0 fully saturated rings. The molecule has 0 spiro atoms. The van der Waals surface area contributed by atoms with E-state index < -0.39 is 11.7 Å². The molecule has 0 bridgehead atoms. The minimum absolute atomic E-state index is 0.134. The molecule has 2 aromatic carbocycles. The maximum absolute atomic E-state index is 12.8. The number of aliphatic imine (C=N–C) groups is 1. The molecule has 3 aromatic rings. The van der Waals surface area contributed by atoms with E-state index in [-0.39, 0.29) is 22.2 Å². The summed E-state index contributed by atoms with van der Waals surface area (Å²) in [5.74, 6) is 1.38. The van der Waals surface area contributed by atoms with Crippen molar-refractivity contribution in [1.29, 1.82) is 5.26 Å². The predicted molar refractivity (Wildman–Crippen MR) is 125 cm³/mol. The monoisotopic (exact) mass is 492 g/mol. The number of rotatable bonds is 5. The van der Waals surface area contributed by atoms with Crippen molar-refractivity contribution in [1.82, 2.24) is 9.69 Å². The van der Waals surface area contributed by atoms with Crippen molar-refractivity contribution in [3.05, 3.63) is 58.1 Å². The van der Waals surface area contributed by atoms with Crippen LogP contribution in [0, 0.1) is 24.2 Å². The van der Waals surface area contributed by atoms with Crippen LogP contribution in [-0.2, 0) is 6.18 Å². The maximum Gasteiger partial charge on any atom is 0.416 e. The number of nitrogens with zero attached hydrogens (tertiary/aromatic N) is 3. The predicted octanol–water partition coefficient (Wildman–Crippen LogP) is 7.36. The molecular formula is C23H20ClF3N4OS. The molecule has 0 unspecified atom stereocenters. The first-order valence-corrected chi connectivity index (χ1v) is 11.0. The molecule has 5 nitrogen and oxygen atoms in total. The average molecular weight is 493 g/mol. The molecule has 0 saturated carbocycles. The zero-order valence-electron chi connectivity index (χ0n) is 18.2. The van der Waals surface area contributed by atoms with Crippen molar-refractivity contribution in [3.8, 4) is 28.1 Å². The number of hydrogen-bond acceptors (Lipinski definition) is 5. The van der Waals surface area contributed by atoms with Gasteiger partial charge in [0.2, 0.25) is 5.06 Å². The Morgan fingerprint density at radius 2 is 1.91 bits per heavy atom. The third-order valence-electron chi connectivity index (χ3n) is 4.75. The van der Waals surface area contributed by atoms with Gasteiger partial charge in [-0.05, 0) is 30.7 Å². The SMILES string of the molecule is CNC(=Nc1cc(C)c(Oc2snc(-c3ccc(C(F)(F)F)cc3)c2C#N)cc1Cl)C(C)C. The van der Waals surface area contributed by atoms with Gasteiger partial charge in [0.25, 0.3) is 0 Å². The van der Waals surface area contributed by atoms with Crippen LogP contribution < -0.4 is 10.1 Å². The Morgan fingerprint density at radius 1 is 1.24 bits per heavy atom. The highest BCUT2D eigenvalue weighted by molar-refractivity contribution is 7.08. The van der Waals surface area contributed by atoms with Gasteiger partial charge < -0.3 is 10.1 Å². The number of amidine groups is 1. The molecule has 172 valence electrons. The lowest BCUT2D eigenvalue weighted by Crippen LogP contribution is -2.23. The van der Waals surface area contributed by atoms with Crippen molar-refractivity contribution >= 4 is 34.7 Å². The first kappa shape index (κ1) is 24.6. The number of benzene rings is 2. The Kier molecular flexibility index (Phi) is 7.30. The number of ether oxygens (including phenoxy) is 1. The summed E-state index contributed by atoms with van der Waals surface area (Å²) in [5, 5.41) is 13.3. The molecule has 33 heavy (non-hydrogen) atoms. The second-order valence-corrected chi connectivity index (χ2v) is 8.60. The number of halogens is 4. The summed E-state index contributed by atoms with van der Waals surface area (Å²) < 4.78 is 48.7. The van der Waals surface area contributed by atoms with Gasteiger partial charge in [-0.3, -0.25) is 0 Å². The molecule has 1 aromatic heterocycles. The van der Waals surface area contributed by atoms with Gasteiger partial charge in [-0.15, -0.1) is 0 Å². The highest BCUT2D eigenvalue weighted by Gasteiger charge is 2.30. The first-order valence-electron chi connectivity index (χ1n) is 9.86. The Labute approximate surface area is 198 Å². The molecular weight excluding hydrogens is 473 g/mol. The summed E-state index contributed by atoms with van der Waals surface area (Å²) in [6, 6.07) is 9.90. The molecule has 0 radical (unpaired) electrons. The van der Waals surface area contributed by atoms with E-state index in [1.807, 2.05) is 26.8 Å². The normalized spacial score (nSPS) is 12.1. The van der Waals surface area contributed by atoms with Gasteiger partial charge in [-0.1, -0.05) is 37.6 Å². The Hall–Kier alpha value is -3.09. The zero-order valence-corrected chi connectivity index (χ0v) is 19.8. The quantitative estimate of drug-likeness (QED) is 0.298. The highest BCUT2D eigenvalue weighted by atomic mass is 35.5. The topological polar surface area (TPSA) is 70.3 Å². The minimum atomic E-state index is -4.44. The molecule has 1 N–H and O–H groups in total. The van der Waals surface area contributed by atoms with Gasteiger partial charge in [0.1, 0.15) is 28.9 Å². The molecule has 0 atom stereocenters. The van der Waals surface area contributed by atoms with Crippen molar-refractivity contribution in [2.75, 3.05) is 7.05 Å². The molecule has 0 saturated heterocycles. The van der Waals surface area contributed by atoms with Crippen molar-refractivity contribution in [2.45, 2.75) is 26.9 Å². The number of nitriles is 1. The average Bonchev–Trinajstić information content (AvgIpc) is 3.16. The smallest absolute Gasteiger partial charge is 0.416 e. The summed E-state index contributed by atoms with van der Waals surface area (Å²) >= 11 is 7.36. The van der Waals surface area contributed by atoms with Crippen molar-refractivity contribution in [2.24, 2.45) is 10.9 Å². The largest absolute Gasteiger partial charge is 0.443 e. The van der Waals surface area contributed by atoms with Gasteiger partial charge >= 0.3 is 6.18 Å². The van der Waals surface area contributed by atoms with Crippen LogP contribution in [0.5, 0.6) is 10.8 Å². The van der Waals surface area contributed by atoms with E-state index in [4.69, 9.17) is 16.3 Å². The van der Waals surface area contributed by atoms with Gasteiger partial charge in [0.15, 0.2) is 0 Å². The molecule has 0 aliphatic rings. The number of aromatic nitrogens is 1. The fourth-order valence-corrected chi connectivity index (χ4v) is 3.93. The van der Waals surface area contributed by atoms with Gasteiger partial charge in [0.05, 0.1) is 16.3 Å². The third-order valence-corrected chi connectivity index (χ3v) is 5.78. The number of alkyl halides is 3. The van der Waals surface area contributed by atoms with E-state index in [0.29, 0.717) is 22.0 Å². The van der Waals surface area contributed by atoms with Gasteiger partial charge in [-0.2, -0.15) is 22.8 Å². The number of nitrogens with one attached hydrogen (secondary N) is 1. The van der Waals surface area contributed by atoms with Crippen LogP contribution in [0.15, 0.2) is 41.4 Å². The maximum atomic E-state index is 12.8. The van der Waals surface area contributed by atoms with Crippen LogP contribution in [0.2, 0.25) is 5.02 Å². The van der Waals surface area contributed by atoms with Crippen LogP contribution in [0.3, 0.4) is 0 Å².